The first-order valence-electron chi connectivity index (χ1n) is 28.1. The minimum Gasteiger partial charge on any atom is -0.426 e. The number of ketones is 1. The first kappa shape index (κ1) is 60.4. The van der Waals surface area contributed by atoms with Gasteiger partial charge in [0.05, 0.1) is 25.5 Å². The zero-order valence-corrected chi connectivity index (χ0v) is 46.9. The van der Waals surface area contributed by atoms with Gasteiger partial charge in [-0.25, -0.2) is 0 Å². The van der Waals surface area contributed by atoms with Crippen LogP contribution >= 0.6 is 0 Å². The Labute approximate surface area is 460 Å². The first-order valence-corrected chi connectivity index (χ1v) is 28.1. The van der Waals surface area contributed by atoms with Crippen LogP contribution in [-0.2, 0) is 64.2 Å². The summed E-state index contributed by atoms with van der Waals surface area (Å²) in [6.45, 7) is 16.6. The van der Waals surface area contributed by atoms with Crippen molar-refractivity contribution in [3.8, 4) is 17.0 Å². The monoisotopic (exact) mass is 1070 g/mol. The van der Waals surface area contributed by atoms with Gasteiger partial charge in [-0.1, -0.05) is 107 Å². The van der Waals surface area contributed by atoms with Crippen LogP contribution in [0.5, 0.6) is 5.75 Å². The van der Waals surface area contributed by atoms with E-state index in [1.54, 1.807) is 16.9 Å². The van der Waals surface area contributed by atoms with Gasteiger partial charge in [0.15, 0.2) is 12.3 Å². The van der Waals surface area contributed by atoms with Gasteiger partial charge in [-0.2, -0.15) is 0 Å². The van der Waals surface area contributed by atoms with Crippen molar-refractivity contribution in [2.24, 2.45) is 17.3 Å². The number of aryl methyl sites for hydroxylation is 2. The van der Waals surface area contributed by atoms with Gasteiger partial charge in [-0.15, -0.1) is 5.10 Å². The van der Waals surface area contributed by atoms with Gasteiger partial charge >= 0.3 is 5.97 Å². The van der Waals surface area contributed by atoms with E-state index in [-0.39, 0.29) is 55.2 Å². The van der Waals surface area contributed by atoms with Crippen molar-refractivity contribution in [2.75, 3.05) is 39.4 Å². The van der Waals surface area contributed by atoms with Gasteiger partial charge in [0, 0.05) is 49.4 Å². The molecule has 0 bridgehead atoms. The number of amides is 5. The Balaban J connectivity index is 1.20. The first-order chi connectivity index (χ1) is 37.3. The number of benzene rings is 3. The molecule has 78 heavy (non-hydrogen) atoms. The molecule has 1 aliphatic carbocycles. The van der Waals surface area contributed by atoms with E-state index in [1.165, 1.54) is 6.92 Å². The number of esters is 1. The lowest BCUT2D eigenvalue weighted by molar-refractivity contribution is -0.940. The molecule has 2 aliphatic rings. The molecule has 18 nitrogen and oxygen atoms in total. The zero-order valence-electron chi connectivity index (χ0n) is 46.9. The molecule has 0 radical (unpaired) electrons. The molecule has 2 fully saturated rings. The van der Waals surface area contributed by atoms with Crippen LogP contribution in [0.25, 0.3) is 11.3 Å². The van der Waals surface area contributed by atoms with Crippen LogP contribution in [0.2, 0.25) is 0 Å². The van der Waals surface area contributed by atoms with Crippen molar-refractivity contribution in [2.45, 2.75) is 156 Å². The number of nitrogens with zero attached hydrogens (tertiary/aromatic N) is 4. The van der Waals surface area contributed by atoms with Crippen molar-refractivity contribution < 1.29 is 47.5 Å². The van der Waals surface area contributed by atoms with E-state index in [4.69, 9.17) is 9.47 Å². The van der Waals surface area contributed by atoms with E-state index >= 15 is 0 Å². The molecule has 3 aromatic carbocycles. The molecule has 0 unspecified atom stereocenters. The predicted octanol–water partition coefficient (Wildman–Crippen LogP) is 6.19. The van der Waals surface area contributed by atoms with Crippen LogP contribution in [0.1, 0.15) is 123 Å². The highest BCUT2D eigenvalue weighted by Crippen LogP contribution is 2.47. The summed E-state index contributed by atoms with van der Waals surface area (Å²) >= 11 is 0. The van der Waals surface area contributed by atoms with Crippen LogP contribution in [-0.4, -0.2) is 124 Å². The molecule has 1 aromatic heterocycles. The highest BCUT2D eigenvalue weighted by molar-refractivity contribution is 5.98. The Morgan fingerprint density at radius 2 is 1.35 bits per heavy atom. The van der Waals surface area contributed by atoms with Crippen molar-refractivity contribution in [1.82, 2.24) is 41.6 Å². The zero-order chi connectivity index (χ0) is 56.2. The Hall–Kier alpha value is -6.79. The summed E-state index contributed by atoms with van der Waals surface area (Å²) in [6.07, 6.45) is 7.59. The molecule has 4 atom stereocenters. The van der Waals surface area contributed by atoms with E-state index < -0.39 is 53.3 Å². The summed E-state index contributed by atoms with van der Waals surface area (Å²) in [4.78, 5) is 96.2. The fraction of sp³-hybridized carbons (Fsp3) is 0.550. The second-order valence-electron chi connectivity index (χ2n) is 22.5. The van der Waals surface area contributed by atoms with Gasteiger partial charge in [0.1, 0.15) is 49.2 Å². The van der Waals surface area contributed by atoms with Crippen LogP contribution in [0.3, 0.4) is 0 Å². The second kappa shape index (κ2) is 29.3. The summed E-state index contributed by atoms with van der Waals surface area (Å²) < 4.78 is 13.5. The average molecular weight is 1080 g/mol. The van der Waals surface area contributed by atoms with Crippen molar-refractivity contribution in [1.29, 1.82) is 0 Å². The van der Waals surface area contributed by atoms with Crippen molar-refractivity contribution in [3.05, 3.63) is 102 Å². The standard InChI is InChI=1S/C60H83N9O9/c1-8-28-61-54(71)21-15-16-29-68-38-52(66-67-68)47-36-46(23-25-53(47)78-43(6)70)39-69(30-32-77-33-31-69)40-55(72)62-48(24-22-44-17-11-9-12-18-44)57(74)64-50(35-42(4)5)58(75)65-51(37-45-19-13-10-14-20-45)59(76)63-49(34-41(2)3)56(73)60(7)26-27-60/h9-14,17-20,23,25,36,38,41-42,48-51H,8,15-16,21-22,24,26-35,37,39-40H2,1-7H3,(H4-,61,62,63,64,65,71,72,74,75,76)/p+1/t48-,49-,50-,51-/m0/s1. The van der Waals surface area contributed by atoms with Crippen molar-refractivity contribution >= 4 is 41.3 Å². The number of Topliss-reactive ketones (excluding diaryl/α,β-unsaturated/α-hetero) is 1. The summed E-state index contributed by atoms with van der Waals surface area (Å²) in [5, 5.41) is 23.7. The molecular formula is C60H84N9O9+. The SMILES string of the molecule is CCCNC(=O)CCCCn1cc(-c2cc(C[N+]3(CC(=O)N[C@@H](CCc4ccccc4)C(=O)N[C@@H](CC(C)C)C(=O)N[C@@H](Cc4ccccc4)C(=O)N[C@@H](CC(C)C)C(=O)C4(C)CC4)CCOCC3)ccc2OC(C)=O)nn1. The molecule has 6 rings (SSSR count). The Morgan fingerprint density at radius 3 is 1.99 bits per heavy atom. The molecule has 1 saturated carbocycles. The summed E-state index contributed by atoms with van der Waals surface area (Å²) in [5.74, 6) is -1.99. The largest absolute Gasteiger partial charge is 0.426 e. The predicted molar refractivity (Wildman–Crippen MR) is 297 cm³/mol. The minimum atomic E-state index is -1.06. The van der Waals surface area contributed by atoms with Gasteiger partial charge in [-0.05, 0) is 98.9 Å². The number of carbonyl (C=O) groups is 7. The Kier molecular flexibility index (Phi) is 22.7. The second-order valence-corrected chi connectivity index (χ2v) is 22.5. The van der Waals surface area contributed by atoms with Gasteiger partial charge in [0.25, 0.3) is 5.91 Å². The van der Waals surface area contributed by atoms with Crippen LogP contribution in [0, 0.1) is 17.3 Å². The highest BCUT2D eigenvalue weighted by Gasteiger charge is 2.48. The maximum Gasteiger partial charge on any atom is 0.308 e. The van der Waals surface area contributed by atoms with E-state index in [9.17, 15) is 33.6 Å². The number of quaternary nitrogens is 1. The normalized spacial score (nSPS) is 16.0. The molecule has 5 amide bonds. The lowest BCUT2D eigenvalue weighted by Crippen LogP contribution is -2.61. The van der Waals surface area contributed by atoms with E-state index in [2.05, 4.69) is 36.9 Å². The third kappa shape index (κ3) is 19.0. The molecule has 2 heterocycles. The molecule has 0 spiro atoms. The van der Waals surface area contributed by atoms with Crippen LogP contribution in [0.4, 0.5) is 0 Å². The van der Waals surface area contributed by atoms with Crippen LogP contribution in [0.15, 0.2) is 85.1 Å². The number of aromatic nitrogens is 3. The number of morpholine rings is 1. The maximum atomic E-state index is 14.7. The molecule has 1 saturated heterocycles. The fourth-order valence-electron chi connectivity index (χ4n) is 9.96. The molecular weight excluding hydrogens is 991 g/mol. The smallest absolute Gasteiger partial charge is 0.308 e. The Bertz CT molecular complexity index is 2630. The fourth-order valence-corrected chi connectivity index (χ4v) is 9.96. The maximum absolute atomic E-state index is 14.7. The third-order valence-electron chi connectivity index (χ3n) is 14.5. The number of ether oxygens (including phenoxy) is 2. The van der Waals surface area contributed by atoms with Gasteiger partial charge < -0.3 is 40.5 Å². The highest BCUT2D eigenvalue weighted by atomic mass is 16.5. The summed E-state index contributed by atoms with van der Waals surface area (Å²) in [5.41, 5.74) is 3.21. The van der Waals surface area contributed by atoms with Crippen LogP contribution < -0.4 is 31.3 Å². The van der Waals surface area contributed by atoms with Gasteiger partial charge in [-0.3, -0.25) is 38.2 Å². The Morgan fingerprint density at radius 1 is 0.731 bits per heavy atom. The van der Waals surface area contributed by atoms with Crippen molar-refractivity contribution in [3.63, 3.8) is 0 Å². The molecule has 1 aliphatic heterocycles. The quantitative estimate of drug-likeness (QED) is 0.0165. The number of nitrogens with one attached hydrogen (secondary N) is 5. The molecule has 18 heteroatoms. The number of hydrogen-bond acceptors (Lipinski definition) is 11. The summed E-state index contributed by atoms with van der Waals surface area (Å²) in [7, 11) is 0. The lowest BCUT2D eigenvalue weighted by atomic mass is 9.91. The van der Waals surface area contributed by atoms with E-state index in [0.29, 0.717) is 99.5 Å². The number of rotatable bonds is 31. The number of unbranched alkanes of at least 4 members (excludes halogenated alkanes) is 1. The molecule has 422 valence electrons. The minimum absolute atomic E-state index is 0.000253. The lowest BCUT2D eigenvalue weighted by Gasteiger charge is -2.41. The van der Waals surface area contributed by atoms with E-state index in [0.717, 1.165) is 36.0 Å². The average Bonchev–Trinajstić information content (AvgIpc) is 4.00. The van der Waals surface area contributed by atoms with E-state index in [1.807, 2.05) is 114 Å². The topological polar surface area (TPSA) is 229 Å². The number of hydrogen-bond donors (Lipinski definition) is 5. The molecule has 5 N–H and O–H groups in total. The number of carbonyl (C=O) groups excluding carboxylic acids is 7. The van der Waals surface area contributed by atoms with Gasteiger partial charge in [0.2, 0.25) is 23.6 Å². The summed E-state index contributed by atoms with van der Waals surface area (Å²) in [6, 6.07) is 20.6. The third-order valence-corrected chi connectivity index (χ3v) is 14.5. The molecule has 4 aromatic rings.